The zero-order valence-electron chi connectivity index (χ0n) is 13.6. The average Bonchev–Trinajstić information content (AvgIpc) is 2.94. The minimum atomic E-state index is -0.741. The maximum Gasteiger partial charge on any atom is 0.0861 e. The van der Waals surface area contributed by atoms with Crippen molar-refractivity contribution in [2.24, 2.45) is 17.3 Å². The molecule has 0 spiro atoms. The van der Waals surface area contributed by atoms with Crippen molar-refractivity contribution < 1.29 is 5.11 Å². The molecule has 0 aromatic carbocycles. The molecule has 2 atom stereocenters. The van der Waals surface area contributed by atoms with Crippen molar-refractivity contribution in [2.45, 2.75) is 76.9 Å². The molecule has 1 N–H and O–H groups in total. The van der Waals surface area contributed by atoms with Gasteiger partial charge in [0.05, 0.1) is 17.1 Å². The van der Waals surface area contributed by atoms with Crippen LogP contribution in [-0.4, -0.2) is 34.7 Å². The molecule has 1 aliphatic carbocycles. The quantitative estimate of drug-likeness (QED) is 0.848. The van der Waals surface area contributed by atoms with Gasteiger partial charge in [0.2, 0.25) is 0 Å². The minimum Gasteiger partial charge on any atom is -0.388 e. The van der Waals surface area contributed by atoms with Crippen LogP contribution < -0.4 is 0 Å². The summed E-state index contributed by atoms with van der Waals surface area (Å²) < 4.78 is 0. The van der Waals surface area contributed by atoms with Gasteiger partial charge in [-0.1, -0.05) is 13.8 Å². The molecule has 2 saturated heterocycles. The number of aliphatic hydroxyl groups is 1. The zero-order chi connectivity index (χ0) is 15.1. The molecule has 0 aromatic heterocycles. The van der Waals surface area contributed by atoms with E-state index >= 15 is 0 Å². The van der Waals surface area contributed by atoms with E-state index in [-0.39, 0.29) is 0 Å². The summed E-state index contributed by atoms with van der Waals surface area (Å²) >= 11 is 0. The van der Waals surface area contributed by atoms with Gasteiger partial charge in [-0.3, -0.25) is 0 Å². The monoisotopic (exact) mass is 290 g/mol. The highest BCUT2D eigenvalue weighted by atomic mass is 16.3. The number of nitriles is 1. The molecule has 2 heterocycles. The smallest absolute Gasteiger partial charge is 0.0861 e. The van der Waals surface area contributed by atoms with Gasteiger partial charge in [-0.05, 0) is 69.7 Å². The molecule has 118 valence electrons. The summed E-state index contributed by atoms with van der Waals surface area (Å²) in [6, 6.07) is 3.12. The Bertz CT molecular complexity index is 419. The highest BCUT2D eigenvalue weighted by Gasteiger charge is 2.55. The van der Waals surface area contributed by atoms with Crippen LogP contribution in [0.25, 0.3) is 0 Å². The number of rotatable bonds is 2. The third kappa shape index (κ3) is 2.51. The van der Waals surface area contributed by atoms with Gasteiger partial charge in [-0.15, -0.1) is 0 Å². The summed E-state index contributed by atoms with van der Waals surface area (Å²) in [6.45, 7) is 6.75. The predicted molar refractivity (Wildman–Crippen MR) is 83.6 cm³/mol. The van der Waals surface area contributed by atoms with E-state index in [9.17, 15) is 10.4 Å². The normalized spacial score (nSPS) is 44.5. The second-order valence-corrected chi connectivity index (χ2v) is 8.09. The van der Waals surface area contributed by atoms with Crippen LogP contribution in [0.3, 0.4) is 0 Å². The number of fused-ring (bicyclic) bond motifs is 1. The molecular formula is C18H30N2O. The lowest BCUT2D eigenvalue weighted by Crippen LogP contribution is -2.57. The van der Waals surface area contributed by atoms with Crippen molar-refractivity contribution in [1.29, 1.82) is 5.26 Å². The van der Waals surface area contributed by atoms with E-state index in [1.807, 2.05) is 0 Å². The fraction of sp³-hybridized carbons (Fsp3) is 0.944. The van der Waals surface area contributed by atoms with Gasteiger partial charge in [0.15, 0.2) is 0 Å². The van der Waals surface area contributed by atoms with Crippen LogP contribution in [0.1, 0.15) is 65.2 Å². The number of piperidine rings is 1. The molecule has 21 heavy (non-hydrogen) atoms. The fourth-order valence-electron chi connectivity index (χ4n) is 5.16. The highest BCUT2D eigenvalue weighted by molar-refractivity contribution is 5.16. The molecule has 2 unspecified atom stereocenters. The fourth-order valence-corrected chi connectivity index (χ4v) is 5.16. The summed E-state index contributed by atoms with van der Waals surface area (Å²) in [6.07, 6.45) is 8.11. The van der Waals surface area contributed by atoms with Crippen LogP contribution in [-0.2, 0) is 0 Å². The lowest BCUT2D eigenvalue weighted by molar-refractivity contribution is -0.124. The first-order chi connectivity index (χ1) is 10.00. The van der Waals surface area contributed by atoms with E-state index in [2.05, 4.69) is 24.8 Å². The van der Waals surface area contributed by atoms with Gasteiger partial charge in [-0.25, -0.2) is 0 Å². The van der Waals surface area contributed by atoms with Crippen molar-refractivity contribution >= 4 is 0 Å². The summed E-state index contributed by atoms with van der Waals surface area (Å²) in [7, 11) is 0. The van der Waals surface area contributed by atoms with Crippen LogP contribution in [0.15, 0.2) is 0 Å². The Hall–Kier alpha value is -0.590. The molecule has 0 bridgehead atoms. The van der Waals surface area contributed by atoms with Gasteiger partial charge >= 0.3 is 0 Å². The van der Waals surface area contributed by atoms with E-state index in [1.54, 1.807) is 0 Å². The average molecular weight is 290 g/mol. The van der Waals surface area contributed by atoms with Gasteiger partial charge in [0.1, 0.15) is 0 Å². The summed E-state index contributed by atoms with van der Waals surface area (Å²) in [5.74, 6) is 1.44. The summed E-state index contributed by atoms with van der Waals surface area (Å²) in [5.41, 5.74) is -1.22. The van der Waals surface area contributed by atoms with Crippen LogP contribution in [0, 0.1) is 28.6 Å². The van der Waals surface area contributed by atoms with E-state index in [4.69, 9.17) is 0 Å². The first-order valence-electron chi connectivity index (χ1n) is 8.87. The maximum atomic E-state index is 11.4. The Balaban J connectivity index is 1.75. The van der Waals surface area contributed by atoms with Crippen molar-refractivity contribution in [3.63, 3.8) is 0 Å². The SMILES string of the molecule is CC(C)C1CCC(C#N)(C2(O)CCN3CCCC3C2)CC1. The third-order valence-corrected chi connectivity index (χ3v) is 6.82. The lowest BCUT2D eigenvalue weighted by atomic mass is 9.57. The standard InChI is InChI=1S/C18H30N2O/c1-14(2)15-5-7-17(13-19,8-6-15)18(21)9-11-20-10-3-4-16(20)12-18/h14-16,21H,3-12H2,1-2H3. The Labute approximate surface area is 129 Å². The number of hydrogen-bond donors (Lipinski definition) is 1. The molecule has 0 amide bonds. The minimum absolute atomic E-state index is 0.479. The Morgan fingerprint density at radius 3 is 2.48 bits per heavy atom. The molecule has 3 heteroatoms. The zero-order valence-corrected chi connectivity index (χ0v) is 13.6. The molecule has 1 saturated carbocycles. The Kier molecular flexibility index (Phi) is 4.05. The van der Waals surface area contributed by atoms with Crippen LogP contribution in [0.2, 0.25) is 0 Å². The first kappa shape index (κ1) is 15.3. The number of hydrogen-bond acceptors (Lipinski definition) is 3. The largest absolute Gasteiger partial charge is 0.388 e. The van der Waals surface area contributed by atoms with E-state index in [0.29, 0.717) is 12.0 Å². The molecule has 0 radical (unpaired) electrons. The van der Waals surface area contributed by atoms with Gasteiger partial charge in [0, 0.05) is 12.6 Å². The summed E-state index contributed by atoms with van der Waals surface area (Å²) in [4.78, 5) is 2.53. The molecular weight excluding hydrogens is 260 g/mol. The highest BCUT2D eigenvalue weighted by Crippen LogP contribution is 2.52. The summed E-state index contributed by atoms with van der Waals surface area (Å²) in [5, 5.41) is 21.3. The van der Waals surface area contributed by atoms with E-state index in [1.165, 1.54) is 19.4 Å². The van der Waals surface area contributed by atoms with Crippen molar-refractivity contribution in [3.8, 4) is 6.07 Å². The second kappa shape index (κ2) is 5.56. The van der Waals surface area contributed by atoms with E-state index in [0.717, 1.165) is 51.0 Å². The van der Waals surface area contributed by atoms with Crippen molar-refractivity contribution in [3.05, 3.63) is 0 Å². The van der Waals surface area contributed by atoms with Crippen molar-refractivity contribution in [2.75, 3.05) is 13.1 Å². The van der Waals surface area contributed by atoms with Crippen LogP contribution >= 0.6 is 0 Å². The van der Waals surface area contributed by atoms with Crippen LogP contribution in [0.5, 0.6) is 0 Å². The second-order valence-electron chi connectivity index (χ2n) is 8.09. The van der Waals surface area contributed by atoms with Crippen LogP contribution in [0.4, 0.5) is 0 Å². The molecule has 3 nitrogen and oxygen atoms in total. The Morgan fingerprint density at radius 1 is 1.14 bits per heavy atom. The third-order valence-electron chi connectivity index (χ3n) is 6.82. The molecule has 0 aromatic rings. The van der Waals surface area contributed by atoms with Gasteiger partial charge < -0.3 is 10.0 Å². The molecule has 3 aliphatic rings. The number of nitrogens with zero attached hydrogens (tertiary/aromatic N) is 2. The van der Waals surface area contributed by atoms with Crippen molar-refractivity contribution in [1.82, 2.24) is 4.90 Å². The van der Waals surface area contributed by atoms with E-state index < -0.39 is 11.0 Å². The van der Waals surface area contributed by atoms with Gasteiger partial charge in [-0.2, -0.15) is 5.26 Å². The maximum absolute atomic E-state index is 11.4. The molecule has 2 aliphatic heterocycles. The topological polar surface area (TPSA) is 47.3 Å². The van der Waals surface area contributed by atoms with Gasteiger partial charge in [0.25, 0.3) is 0 Å². The predicted octanol–water partition coefficient (Wildman–Crippen LogP) is 3.33. The Morgan fingerprint density at radius 2 is 1.86 bits per heavy atom. The first-order valence-corrected chi connectivity index (χ1v) is 8.87. The molecule has 3 fully saturated rings. The molecule has 3 rings (SSSR count). The lowest BCUT2D eigenvalue weighted by Gasteiger charge is -2.51.